The summed E-state index contributed by atoms with van der Waals surface area (Å²) in [4.78, 5) is 25.2. The highest BCUT2D eigenvalue weighted by Crippen LogP contribution is 2.40. The average Bonchev–Trinajstić information content (AvgIpc) is 2.91. The molecule has 7 nitrogen and oxygen atoms in total. The van der Waals surface area contributed by atoms with E-state index in [1.807, 2.05) is 0 Å². The molecule has 29 heavy (non-hydrogen) atoms. The van der Waals surface area contributed by atoms with Crippen LogP contribution in [0.3, 0.4) is 0 Å². The lowest BCUT2D eigenvalue weighted by Gasteiger charge is -2.14. The van der Waals surface area contributed by atoms with Gasteiger partial charge >= 0.3 is 0 Å². The van der Waals surface area contributed by atoms with Gasteiger partial charge in [0.15, 0.2) is 0 Å². The van der Waals surface area contributed by atoms with E-state index in [2.05, 4.69) is 10.0 Å². The highest BCUT2D eigenvalue weighted by atomic mass is 35.5. The number of hydrogen-bond donors (Lipinski definition) is 2. The second-order valence-electron chi connectivity index (χ2n) is 6.66. The van der Waals surface area contributed by atoms with Gasteiger partial charge < -0.3 is 10.2 Å². The van der Waals surface area contributed by atoms with Crippen LogP contribution in [0.1, 0.15) is 17.3 Å². The molecule has 0 aliphatic carbocycles. The zero-order valence-electron chi connectivity index (χ0n) is 15.5. The lowest BCUT2D eigenvalue weighted by atomic mass is 10.1. The fourth-order valence-corrected chi connectivity index (χ4v) is 4.92. The normalized spacial score (nSPS) is 13.1. The van der Waals surface area contributed by atoms with Crippen molar-refractivity contribution >= 4 is 61.3 Å². The van der Waals surface area contributed by atoms with Gasteiger partial charge in [0.05, 0.1) is 21.3 Å². The molecule has 0 fully saturated rings. The number of carbonyl (C=O) groups excluding carboxylic acids is 2. The molecule has 1 aliphatic rings. The van der Waals surface area contributed by atoms with Crippen molar-refractivity contribution in [3.05, 3.63) is 59.1 Å². The van der Waals surface area contributed by atoms with Crippen molar-refractivity contribution in [2.75, 3.05) is 22.0 Å². The number of amides is 2. The largest absolute Gasteiger partial charge is 0.326 e. The molecule has 0 saturated heterocycles. The van der Waals surface area contributed by atoms with Gasteiger partial charge in [-0.15, -0.1) is 0 Å². The molecule has 148 valence electrons. The quantitative estimate of drug-likeness (QED) is 0.658. The molecule has 3 aromatic carbocycles. The Morgan fingerprint density at radius 1 is 1.10 bits per heavy atom. The van der Waals surface area contributed by atoms with Crippen molar-refractivity contribution in [3.63, 3.8) is 0 Å². The van der Waals surface area contributed by atoms with Crippen LogP contribution >= 0.6 is 11.6 Å². The smallest absolute Gasteiger partial charge is 0.262 e. The number of rotatable bonds is 4. The first-order chi connectivity index (χ1) is 13.7. The fourth-order valence-electron chi connectivity index (χ4n) is 3.43. The van der Waals surface area contributed by atoms with Gasteiger partial charge in [-0.1, -0.05) is 23.7 Å². The zero-order valence-corrected chi connectivity index (χ0v) is 17.1. The number of benzene rings is 3. The second-order valence-corrected chi connectivity index (χ2v) is 8.71. The molecule has 1 aliphatic heterocycles. The van der Waals surface area contributed by atoms with Crippen LogP contribution in [0.2, 0.25) is 5.02 Å². The predicted octanol–water partition coefficient (Wildman–Crippen LogP) is 3.84. The lowest BCUT2D eigenvalue weighted by molar-refractivity contribution is -0.114. The summed E-state index contributed by atoms with van der Waals surface area (Å²) in [6.45, 7) is 1.35. The molecular weight excluding hydrogens is 414 g/mol. The number of carbonyl (C=O) groups is 2. The molecule has 2 amide bonds. The fraction of sp³-hybridized carbons (Fsp3) is 0.100. The SMILES string of the molecule is CC(=O)Nc1ccc(Cl)c(NS(=O)(=O)c2ccc3c4c(cccc24)C(=O)N3C)c1. The first-order valence-electron chi connectivity index (χ1n) is 8.63. The summed E-state index contributed by atoms with van der Waals surface area (Å²) >= 11 is 6.15. The third-order valence-electron chi connectivity index (χ3n) is 4.70. The van der Waals surface area contributed by atoms with Gasteiger partial charge in [-0.2, -0.15) is 0 Å². The first kappa shape index (κ1) is 19.2. The third-order valence-corrected chi connectivity index (χ3v) is 6.45. The van der Waals surface area contributed by atoms with Gasteiger partial charge in [0, 0.05) is 36.0 Å². The third kappa shape index (κ3) is 3.20. The topological polar surface area (TPSA) is 95.6 Å². The summed E-state index contributed by atoms with van der Waals surface area (Å²) in [6, 6.07) is 12.6. The molecule has 0 saturated carbocycles. The van der Waals surface area contributed by atoms with Crippen molar-refractivity contribution in [2.24, 2.45) is 0 Å². The summed E-state index contributed by atoms with van der Waals surface area (Å²) in [6.07, 6.45) is 0. The van der Waals surface area contributed by atoms with Crippen molar-refractivity contribution in [3.8, 4) is 0 Å². The molecular formula is C20H16ClN3O4S. The molecule has 0 spiro atoms. The van der Waals surface area contributed by atoms with Crippen molar-refractivity contribution in [1.29, 1.82) is 0 Å². The maximum absolute atomic E-state index is 13.2. The molecule has 0 radical (unpaired) electrons. The number of sulfonamides is 1. The Balaban J connectivity index is 1.82. The molecule has 0 unspecified atom stereocenters. The Kier molecular flexibility index (Phi) is 4.48. The highest BCUT2D eigenvalue weighted by Gasteiger charge is 2.30. The Labute approximate surface area is 172 Å². The van der Waals surface area contributed by atoms with E-state index >= 15 is 0 Å². The monoisotopic (exact) mass is 429 g/mol. The maximum atomic E-state index is 13.2. The highest BCUT2D eigenvalue weighted by molar-refractivity contribution is 7.93. The molecule has 0 bridgehead atoms. The number of nitrogens with zero attached hydrogens (tertiary/aromatic N) is 1. The molecule has 1 heterocycles. The van der Waals surface area contributed by atoms with Gasteiger partial charge in [0.1, 0.15) is 0 Å². The van der Waals surface area contributed by atoms with E-state index in [0.717, 1.165) is 0 Å². The standard InChI is InChI=1S/C20H16ClN3O4S/c1-11(25)22-12-6-7-15(21)16(10-12)23-29(27,28)18-9-8-17-19-13(18)4-3-5-14(19)20(26)24(17)2/h3-10,23H,1-2H3,(H,22,25). The molecule has 4 rings (SSSR count). The minimum Gasteiger partial charge on any atom is -0.326 e. The summed E-state index contributed by atoms with van der Waals surface area (Å²) in [5.41, 5.74) is 1.66. The zero-order chi connectivity index (χ0) is 20.9. The summed E-state index contributed by atoms with van der Waals surface area (Å²) < 4.78 is 28.8. The molecule has 0 aromatic heterocycles. The molecule has 2 N–H and O–H groups in total. The lowest BCUT2D eigenvalue weighted by Crippen LogP contribution is -2.20. The van der Waals surface area contributed by atoms with Gasteiger partial charge in [-0.05, 0) is 36.4 Å². The van der Waals surface area contributed by atoms with Crippen LogP contribution in [0, 0.1) is 0 Å². The van der Waals surface area contributed by atoms with Gasteiger partial charge in [0.25, 0.3) is 15.9 Å². The van der Waals surface area contributed by atoms with E-state index in [0.29, 0.717) is 27.7 Å². The van der Waals surface area contributed by atoms with E-state index in [1.165, 1.54) is 30.0 Å². The van der Waals surface area contributed by atoms with E-state index in [1.54, 1.807) is 37.4 Å². The molecule has 3 aromatic rings. The Morgan fingerprint density at radius 2 is 1.86 bits per heavy atom. The Bertz CT molecular complexity index is 1300. The summed E-state index contributed by atoms with van der Waals surface area (Å²) in [5, 5.41) is 3.81. The Morgan fingerprint density at radius 3 is 2.59 bits per heavy atom. The number of nitrogens with one attached hydrogen (secondary N) is 2. The number of anilines is 3. The van der Waals surface area contributed by atoms with Crippen LogP contribution in [0.15, 0.2) is 53.4 Å². The maximum Gasteiger partial charge on any atom is 0.262 e. The van der Waals surface area contributed by atoms with E-state index in [-0.39, 0.29) is 27.4 Å². The predicted molar refractivity (Wildman–Crippen MR) is 113 cm³/mol. The van der Waals surface area contributed by atoms with E-state index < -0.39 is 10.0 Å². The minimum atomic E-state index is -4.03. The number of halogens is 1. The van der Waals surface area contributed by atoms with Gasteiger partial charge in [0.2, 0.25) is 5.91 Å². The van der Waals surface area contributed by atoms with Gasteiger partial charge in [-0.3, -0.25) is 14.3 Å². The molecule has 0 atom stereocenters. The van der Waals surface area contributed by atoms with E-state index in [4.69, 9.17) is 11.6 Å². The summed E-state index contributed by atoms with van der Waals surface area (Å²) in [5.74, 6) is -0.471. The van der Waals surface area contributed by atoms with Crippen LogP contribution in [-0.4, -0.2) is 27.3 Å². The first-order valence-corrected chi connectivity index (χ1v) is 10.5. The van der Waals surface area contributed by atoms with Crippen LogP contribution in [0.25, 0.3) is 10.8 Å². The second kappa shape index (κ2) is 6.75. The van der Waals surface area contributed by atoms with Crippen LogP contribution in [0.4, 0.5) is 17.1 Å². The number of hydrogen-bond acceptors (Lipinski definition) is 4. The molecule has 9 heteroatoms. The van der Waals surface area contributed by atoms with Crippen molar-refractivity contribution in [2.45, 2.75) is 11.8 Å². The van der Waals surface area contributed by atoms with Gasteiger partial charge in [-0.25, -0.2) is 8.42 Å². The van der Waals surface area contributed by atoms with E-state index in [9.17, 15) is 18.0 Å². The Hall–Kier alpha value is -3.10. The van der Waals surface area contributed by atoms with Crippen LogP contribution in [-0.2, 0) is 14.8 Å². The van der Waals surface area contributed by atoms with Crippen molar-refractivity contribution < 1.29 is 18.0 Å². The summed E-state index contributed by atoms with van der Waals surface area (Å²) in [7, 11) is -2.38. The minimum absolute atomic E-state index is 0.0298. The average molecular weight is 430 g/mol. The van der Waals surface area contributed by atoms with Crippen LogP contribution < -0.4 is 14.9 Å². The van der Waals surface area contributed by atoms with Crippen molar-refractivity contribution in [1.82, 2.24) is 0 Å². The van der Waals surface area contributed by atoms with Crippen LogP contribution in [0.5, 0.6) is 0 Å².